The van der Waals surface area contributed by atoms with E-state index in [1.54, 1.807) is 6.07 Å². The molecule has 0 aromatic heterocycles. The van der Waals surface area contributed by atoms with Crippen LogP contribution in [0.15, 0.2) is 36.4 Å². The van der Waals surface area contributed by atoms with Gasteiger partial charge >= 0.3 is 0 Å². The van der Waals surface area contributed by atoms with Crippen molar-refractivity contribution < 1.29 is 14.3 Å². The normalized spacial score (nSPS) is 15.9. The third-order valence-corrected chi connectivity index (χ3v) is 6.11. The van der Waals surface area contributed by atoms with Crippen LogP contribution in [0, 0.1) is 5.92 Å². The van der Waals surface area contributed by atoms with Gasteiger partial charge in [-0.15, -0.1) is 0 Å². The number of ether oxygens (including phenoxy) is 2. The third kappa shape index (κ3) is 4.78. The molecule has 1 aliphatic carbocycles. The topological polar surface area (TPSA) is 50.8 Å². The first-order valence-electron chi connectivity index (χ1n) is 10.3. The lowest BCUT2D eigenvalue weighted by Gasteiger charge is -2.27. The van der Waals surface area contributed by atoms with E-state index in [2.05, 4.69) is 5.32 Å². The Morgan fingerprint density at radius 2 is 1.79 bits per heavy atom. The molecular formula is C23H27ClN2O3. The first kappa shape index (κ1) is 19.9. The Labute approximate surface area is 176 Å². The van der Waals surface area contributed by atoms with E-state index in [9.17, 15) is 4.79 Å². The maximum Gasteiger partial charge on any atom is 0.253 e. The van der Waals surface area contributed by atoms with E-state index in [4.69, 9.17) is 21.1 Å². The van der Waals surface area contributed by atoms with Crippen molar-refractivity contribution in [3.63, 3.8) is 0 Å². The van der Waals surface area contributed by atoms with Crippen LogP contribution in [0.3, 0.4) is 0 Å². The standard InChI is InChI=1S/C23H27ClN2O3/c1-26(14-16-5-3-2-4-6-16)23(27)17-7-9-19(10-8-17)25-13-18-11-21-22(12-20(18)24)29-15-28-21/h7-12,16,25H,2-6,13-15H2,1H3. The summed E-state index contributed by atoms with van der Waals surface area (Å²) < 4.78 is 10.8. The highest BCUT2D eigenvalue weighted by Gasteiger charge is 2.19. The van der Waals surface area contributed by atoms with Crippen LogP contribution < -0.4 is 14.8 Å². The molecule has 2 aromatic carbocycles. The number of benzene rings is 2. The van der Waals surface area contributed by atoms with Crippen molar-refractivity contribution >= 4 is 23.2 Å². The van der Waals surface area contributed by atoms with Gasteiger partial charge in [-0.05, 0) is 54.7 Å². The van der Waals surface area contributed by atoms with Gasteiger partial charge in [-0.1, -0.05) is 30.9 Å². The average Bonchev–Trinajstić information content (AvgIpc) is 3.19. The fourth-order valence-electron chi connectivity index (χ4n) is 4.08. The second-order valence-corrected chi connectivity index (χ2v) is 8.32. The largest absolute Gasteiger partial charge is 0.454 e. The van der Waals surface area contributed by atoms with Crippen molar-refractivity contribution in [3.05, 3.63) is 52.5 Å². The van der Waals surface area contributed by atoms with Gasteiger partial charge in [0.15, 0.2) is 11.5 Å². The molecule has 1 N–H and O–H groups in total. The minimum Gasteiger partial charge on any atom is -0.454 e. The molecule has 5 nitrogen and oxygen atoms in total. The molecule has 1 fully saturated rings. The zero-order valence-electron chi connectivity index (χ0n) is 16.7. The molecule has 1 aliphatic heterocycles. The predicted molar refractivity (Wildman–Crippen MR) is 115 cm³/mol. The smallest absolute Gasteiger partial charge is 0.253 e. The minimum atomic E-state index is 0.0842. The Kier molecular flexibility index (Phi) is 6.14. The van der Waals surface area contributed by atoms with Crippen LogP contribution in [-0.4, -0.2) is 31.2 Å². The molecule has 2 aliphatic rings. The molecule has 0 unspecified atom stereocenters. The van der Waals surface area contributed by atoms with Gasteiger partial charge in [0.05, 0.1) is 0 Å². The first-order chi connectivity index (χ1) is 14.1. The number of carbonyl (C=O) groups excluding carboxylic acids is 1. The van der Waals surface area contributed by atoms with Gasteiger partial charge in [0.25, 0.3) is 5.91 Å². The van der Waals surface area contributed by atoms with Crippen molar-refractivity contribution in [2.75, 3.05) is 25.7 Å². The molecule has 1 saturated carbocycles. The highest BCUT2D eigenvalue weighted by Crippen LogP contribution is 2.37. The first-order valence-corrected chi connectivity index (χ1v) is 10.7. The Morgan fingerprint density at radius 1 is 1.10 bits per heavy atom. The Bertz CT molecular complexity index is 863. The molecule has 0 spiro atoms. The van der Waals surface area contributed by atoms with Gasteiger partial charge < -0.3 is 19.7 Å². The number of halogens is 1. The summed E-state index contributed by atoms with van der Waals surface area (Å²) >= 11 is 6.33. The Morgan fingerprint density at radius 3 is 2.52 bits per heavy atom. The summed E-state index contributed by atoms with van der Waals surface area (Å²) in [5.74, 6) is 2.12. The maximum atomic E-state index is 12.7. The van der Waals surface area contributed by atoms with E-state index in [0.29, 0.717) is 29.0 Å². The maximum absolute atomic E-state index is 12.7. The van der Waals surface area contributed by atoms with E-state index >= 15 is 0 Å². The average molecular weight is 415 g/mol. The third-order valence-electron chi connectivity index (χ3n) is 5.76. The summed E-state index contributed by atoms with van der Waals surface area (Å²) in [6.45, 7) is 1.64. The summed E-state index contributed by atoms with van der Waals surface area (Å²) in [6, 6.07) is 11.3. The minimum absolute atomic E-state index is 0.0842. The lowest BCUT2D eigenvalue weighted by molar-refractivity contribution is 0.0760. The van der Waals surface area contributed by atoms with Crippen molar-refractivity contribution in [2.24, 2.45) is 5.92 Å². The van der Waals surface area contributed by atoms with E-state index in [-0.39, 0.29) is 12.7 Å². The molecule has 0 bridgehead atoms. The van der Waals surface area contributed by atoms with Crippen LogP contribution >= 0.6 is 11.6 Å². The second-order valence-electron chi connectivity index (χ2n) is 7.92. The van der Waals surface area contributed by atoms with E-state index in [0.717, 1.165) is 23.4 Å². The predicted octanol–water partition coefficient (Wildman–Crippen LogP) is 5.33. The number of anilines is 1. The van der Waals surface area contributed by atoms with Crippen LogP contribution in [0.5, 0.6) is 11.5 Å². The fraction of sp³-hybridized carbons (Fsp3) is 0.435. The van der Waals surface area contributed by atoms with Crippen molar-refractivity contribution in [3.8, 4) is 11.5 Å². The molecule has 1 heterocycles. The van der Waals surface area contributed by atoms with E-state index in [1.807, 2.05) is 42.3 Å². The van der Waals surface area contributed by atoms with Crippen LogP contribution in [0.1, 0.15) is 48.0 Å². The molecule has 2 aromatic rings. The molecular weight excluding hydrogens is 388 g/mol. The molecule has 29 heavy (non-hydrogen) atoms. The van der Waals surface area contributed by atoms with Gasteiger partial charge in [-0.25, -0.2) is 0 Å². The van der Waals surface area contributed by atoms with Gasteiger partial charge in [-0.3, -0.25) is 4.79 Å². The Balaban J connectivity index is 1.33. The SMILES string of the molecule is CN(CC1CCCCC1)C(=O)c1ccc(NCc2cc3c(cc2Cl)OCO3)cc1. The number of fused-ring (bicyclic) bond motifs is 1. The highest BCUT2D eigenvalue weighted by molar-refractivity contribution is 6.31. The summed E-state index contributed by atoms with van der Waals surface area (Å²) in [6.07, 6.45) is 6.40. The van der Waals surface area contributed by atoms with Crippen LogP contribution in [0.25, 0.3) is 0 Å². The lowest BCUT2D eigenvalue weighted by Crippen LogP contribution is -2.32. The zero-order valence-corrected chi connectivity index (χ0v) is 17.5. The number of nitrogens with one attached hydrogen (secondary N) is 1. The lowest BCUT2D eigenvalue weighted by atomic mass is 9.89. The van der Waals surface area contributed by atoms with Gasteiger partial charge in [0.1, 0.15) is 0 Å². The molecule has 4 rings (SSSR count). The van der Waals surface area contributed by atoms with E-state index in [1.165, 1.54) is 32.1 Å². The number of hydrogen-bond acceptors (Lipinski definition) is 4. The number of carbonyl (C=O) groups is 1. The Hall–Kier alpha value is -2.40. The molecule has 0 saturated heterocycles. The van der Waals surface area contributed by atoms with Gasteiger partial charge in [-0.2, -0.15) is 0 Å². The number of nitrogens with zero attached hydrogens (tertiary/aromatic N) is 1. The monoisotopic (exact) mass is 414 g/mol. The van der Waals surface area contributed by atoms with Crippen LogP contribution in [0.4, 0.5) is 5.69 Å². The molecule has 1 amide bonds. The summed E-state index contributed by atoms with van der Waals surface area (Å²) in [7, 11) is 1.91. The van der Waals surface area contributed by atoms with Crippen molar-refractivity contribution in [1.29, 1.82) is 0 Å². The van der Waals surface area contributed by atoms with Crippen molar-refractivity contribution in [1.82, 2.24) is 4.90 Å². The zero-order chi connectivity index (χ0) is 20.2. The molecule has 0 atom stereocenters. The van der Waals surface area contributed by atoms with Crippen LogP contribution in [0.2, 0.25) is 5.02 Å². The van der Waals surface area contributed by atoms with Gasteiger partial charge in [0, 0.05) is 42.5 Å². The highest BCUT2D eigenvalue weighted by atomic mass is 35.5. The van der Waals surface area contributed by atoms with E-state index < -0.39 is 0 Å². The summed E-state index contributed by atoms with van der Waals surface area (Å²) in [5, 5.41) is 3.99. The number of amides is 1. The number of hydrogen-bond donors (Lipinski definition) is 1. The molecule has 0 radical (unpaired) electrons. The van der Waals surface area contributed by atoms with Crippen molar-refractivity contribution in [2.45, 2.75) is 38.6 Å². The quantitative estimate of drug-likeness (QED) is 0.693. The second kappa shape index (κ2) is 8.95. The summed E-state index contributed by atoms with van der Waals surface area (Å²) in [4.78, 5) is 14.6. The van der Waals surface area contributed by atoms with Gasteiger partial charge in [0.2, 0.25) is 6.79 Å². The number of rotatable bonds is 6. The molecule has 6 heteroatoms. The van der Waals surface area contributed by atoms with Crippen LogP contribution in [-0.2, 0) is 6.54 Å². The fourth-order valence-corrected chi connectivity index (χ4v) is 4.30. The molecule has 154 valence electrons. The summed E-state index contributed by atoms with van der Waals surface area (Å²) in [5.41, 5.74) is 2.59.